The van der Waals surface area contributed by atoms with Crippen LogP contribution in [0.15, 0.2) is 4.52 Å². The summed E-state index contributed by atoms with van der Waals surface area (Å²) in [6.07, 6.45) is 4.63. The Morgan fingerprint density at radius 3 is 2.94 bits per heavy atom. The molecule has 2 unspecified atom stereocenters. The zero-order valence-corrected chi connectivity index (χ0v) is 9.90. The van der Waals surface area contributed by atoms with Crippen molar-refractivity contribution in [1.82, 2.24) is 10.1 Å². The minimum Gasteiger partial charge on any atom is -0.339 e. The molecule has 1 aliphatic carbocycles. The fourth-order valence-corrected chi connectivity index (χ4v) is 2.26. The van der Waals surface area contributed by atoms with Gasteiger partial charge in [-0.25, -0.2) is 0 Å². The second-order valence-electron chi connectivity index (χ2n) is 4.86. The number of nitrogens with zero attached hydrogens (tertiary/aromatic N) is 2. The van der Waals surface area contributed by atoms with Crippen molar-refractivity contribution in [2.75, 3.05) is 0 Å². The van der Waals surface area contributed by atoms with E-state index in [0.29, 0.717) is 24.7 Å². The number of hydrogen-bond acceptors (Lipinski definition) is 4. The fraction of sp³-hybridized carbons (Fsp3) is 0.750. The van der Waals surface area contributed by atoms with Gasteiger partial charge in [-0.15, -0.1) is 0 Å². The van der Waals surface area contributed by atoms with Crippen molar-refractivity contribution < 1.29 is 9.32 Å². The van der Waals surface area contributed by atoms with Gasteiger partial charge in [0.2, 0.25) is 5.89 Å². The number of carbonyl (C=O) groups is 1. The van der Waals surface area contributed by atoms with Crippen molar-refractivity contribution in [3.05, 3.63) is 11.7 Å². The number of ketones is 1. The van der Waals surface area contributed by atoms with Crippen molar-refractivity contribution in [2.24, 2.45) is 5.92 Å². The zero-order chi connectivity index (χ0) is 11.5. The van der Waals surface area contributed by atoms with Gasteiger partial charge < -0.3 is 9.32 Å². The molecule has 1 saturated carbocycles. The van der Waals surface area contributed by atoms with Crippen LogP contribution in [0, 0.1) is 5.92 Å². The predicted octanol–water partition coefficient (Wildman–Crippen LogP) is 2.49. The normalized spacial score (nSPS) is 24.9. The SMILES string of the molecule is CC(=O)CCc1nc(C2CCC(C)C2)no1. The lowest BCUT2D eigenvalue weighted by Crippen LogP contribution is -1.98. The maximum Gasteiger partial charge on any atom is 0.227 e. The van der Waals surface area contributed by atoms with Crippen molar-refractivity contribution >= 4 is 5.78 Å². The smallest absolute Gasteiger partial charge is 0.227 e. The molecule has 1 aromatic rings. The van der Waals surface area contributed by atoms with Crippen LogP contribution in [0.2, 0.25) is 0 Å². The van der Waals surface area contributed by atoms with E-state index in [1.807, 2.05) is 0 Å². The van der Waals surface area contributed by atoms with Crippen molar-refractivity contribution in [2.45, 2.75) is 51.9 Å². The van der Waals surface area contributed by atoms with E-state index in [-0.39, 0.29) is 5.78 Å². The van der Waals surface area contributed by atoms with E-state index in [1.165, 1.54) is 6.42 Å². The molecule has 1 aromatic heterocycles. The summed E-state index contributed by atoms with van der Waals surface area (Å²) in [5.41, 5.74) is 0. The molecule has 4 heteroatoms. The molecule has 4 nitrogen and oxygen atoms in total. The molecule has 2 atom stereocenters. The molecule has 0 N–H and O–H groups in total. The third-order valence-corrected chi connectivity index (χ3v) is 3.23. The number of carbonyl (C=O) groups excluding carboxylic acids is 1. The molecule has 16 heavy (non-hydrogen) atoms. The molecular formula is C12H18N2O2. The standard InChI is InChI=1S/C12H18N2O2/c1-8-3-5-10(7-8)12-13-11(16-14-12)6-4-9(2)15/h8,10H,3-7H2,1-2H3. The van der Waals surface area contributed by atoms with Crippen LogP contribution in [-0.4, -0.2) is 15.9 Å². The van der Waals surface area contributed by atoms with E-state index < -0.39 is 0 Å². The Balaban J connectivity index is 1.94. The van der Waals surface area contributed by atoms with Crippen molar-refractivity contribution in [1.29, 1.82) is 0 Å². The van der Waals surface area contributed by atoms with Gasteiger partial charge in [-0.3, -0.25) is 0 Å². The van der Waals surface area contributed by atoms with Gasteiger partial charge in [0, 0.05) is 18.8 Å². The number of Topliss-reactive ketones (excluding diaryl/α,β-unsaturated/α-hetero) is 1. The average Bonchev–Trinajstić information content (AvgIpc) is 2.83. The minimum atomic E-state index is 0.161. The van der Waals surface area contributed by atoms with Crippen LogP contribution in [0.25, 0.3) is 0 Å². The first-order valence-corrected chi connectivity index (χ1v) is 5.97. The van der Waals surface area contributed by atoms with Crippen LogP contribution in [0.5, 0.6) is 0 Å². The van der Waals surface area contributed by atoms with E-state index in [0.717, 1.165) is 24.6 Å². The Hall–Kier alpha value is -1.19. The van der Waals surface area contributed by atoms with Crippen LogP contribution in [0.4, 0.5) is 0 Å². The molecule has 1 fully saturated rings. The molecule has 0 bridgehead atoms. The van der Waals surface area contributed by atoms with E-state index in [1.54, 1.807) is 6.92 Å². The first-order chi connectivity index (χ1) is 7.65. The van der Waals surface area contributed by atoms with E-state index in [9.17, 15) is 4.79 Å². The van der Waals surface area contributed by atoms with Gasteiger partial charge in [0.05, 0.1) is 0 Å². The molecule has 0 aliphatic heterocycles. The Kier molecular flexibility index (Phi) is 3.36. The van der Waals surface area contributed by atoms with Gasteiger partial charge in [0.25, 0.3) is 0 Å². The molecule has 0 saturated heterocycles. The largest absolute Gasteiger partial charge is 0.339 e. The van der Waals surface area contributed by atoms with E-state index in [4.69, 9.17) is 4.52 Å². The lowest BCUT2D eigenvalue weighted by Gasteiger charge is -2.01. The fourth-order valence-electron chi connectivity index (χ4n) is 2.26. The van der Waals surface area contributed by atoms with Crippen molar-refractivity contribution in [3.8, 4) is 0 Å². The summed E-state index contributed by atoms with van der Waals surface area (Å²) in [7, 11) is 0. The Morgan fingerprint density at radius 1 is 1.50 bits per heavy atom. The summed E-state index contributed by atoms with van der Waals surface area (Å²) in [5, 5.41) is 4.01. The first kappa shape index (κ1) is 11.3. The van der Waals surface area contributed by atoms with Gasteiger partial charge in [0.15, 0.2) is 5.82 Å². The molecule has 2 rings (SSSR count). The lowest BCUT2D eigenvalue weighted by atomic mass is 10.1. The molecule has 0 aromatic carbocycles. The van der Waals surface area contributed by atoms with Crippen LogP contribution >= 0.6 is 0 Å². The number of rotatable bonds is 4. The third kappa shape index (κ3) is 2.68. The summed E-state index contributed by atoms with van der Waals surface area (Å²) in [4.78, 5) is 15.2. The maximum atomic E-state index is 10.8. The monoisotopic (exact) mass is 222 g/mol. The summed E-state index contributed by atoms with van der Waals surface area (Å²) < 4.78 is 5.15. The van der Waals surface area contributed by atoms with E-state index >= 15 is 0 Å². The Bertz CT molecular complexity index is 373. The molecule has 1 heterocycles. The van der Waals surface area contributed by atoms with Gasteiger partial charge in [0.1, 0.15) is 5.78 Å². The summed E-state index contributed by atoms with van der Waals surface area (Å²) in [6.45, 7) is 3.84. The van der Waals surface area contributed by atoms with Crippen LogP contribution in [0.3, 0.4) is 0 Å². The highest BCUT2D eigenvalue weighted by molar-refractivity contribution is 5.75. The maximum absolute atomic E-state index is 10.8. The highest BCUT2D eigenvalue weighted by Crippen LogP contribution is 2.36. The van der Waals surface area contributed by atoms with E-state index in [2.05, 4.69) is 17.1 Å². The van der Waals surface area contributed by atoms with Gasteiger partial charge in [-0.2, -0.15) is 4.98 Å². The number of hydrogen-bond donors (Lipinski definition) is 0. The van der Waals surface area contributed by atoms with Gasteiger partial charge in [-0.05, 0) is 32.1 Å². The lowest BCUT2D eigenvalue weighted by molar-refractivity contribution is -0.117. The Labute approximate surface area is 95.4 Å². The zero-order valence-electron chi connectivity index (χ0n) is 9.90. The first-order valence-electron chi connectivity index (χ1n) is 5.97. The number of aromatic nitrogens is 2. The summed E-state index contributed by atoms with van der Waals surface area (Å²) >= 11 is 0. The van der Waals surface area contributed by atoms with Crippen LogP contribution < -0.4 is 0 Å². The highest BCUT2D eigenvalue weighted by atomic mass is 16.5. The molecule has 1 aliphatic rings. The Morgan fingerprint density at radius 2 is 2.31 bits per heavy atom. The molecular weight excluding hydrogens is 204 g/mol. The molecule has 88 valence electrons. The quantitative estimate of drug-likeness (QED) is 0.785. The van der Waals surface area contributed by atoms with Crippen LogP contribution in [-0.2, 0) is 11.2 Å². The van der Waals surface area contributed by atoms with Crippen LogP contribution in [0.1, 0.15) is 57.2 Å². The second-order valence-corrected chi connectivity index (χ2v) is 4.86. The second kappa shape index (κ2) is 4.76. The van der Waals surface area contributed by atoms with Gasteiger partial charge >= 0.3 is 0 Å². The van der Waals surface area contributed by atoms with Gasteiger partial charge in [-0.1, -0.05) is 12.1 Å². The number of aryl methyl sites for hydroxylation is 1. The minimum absolute atomic E-state index is 0.161. The molecule has 0 amide bonds. The molecule has 0 spiro atoms. The molecule has 0 radical (unpaired) electrons. The third-order valence-electron chi connectivity index (χ3n) is 3.23. The predicted molar refractivity (Wildman–Crippen MR) is 59.1 cm³/mol. The highest BCUT2D eigenvalue weighted by Gasteiger charge is 2.26. The van der Waals surface area contributed by atoms with Crippen molar-refractivity contribution in [3.63, 3.8) is 0 Å². The summed E-state index contributed by atoms with van der Waals surface area (Å²) in [5.74, 6) is 2.83. The average molecular weight is 222 g/mol. The topological polar surface area (TPSA) is 56.0 Å². The summed E-state index contributed by atoms with van der Waals surface area (Å²) in [6, 6.07) is 0.